The molecule has 1 aromatic heterocycles. The number of fused-ring (bicyclic) bond motifs is 2. The lowest BCUT2D eigenvalue weighted by molar-refractivity contribution is -0.139. The minimum absolute atomic E-state index is 0.00461. The molecule has 7 rings (SSSR count). The predicted molar refractivity (Wildman–Crippen MR) is 167 cm³/mol. The average Bonchev–Trinajstić information content (AvgIpc) is 3.82. The van der Waals surface area contributed by atoms with Crippen LogP contribution in [0.25, 0.3) is 0 Å². The zero-order valence-electron chi connectivity index (χ0n) is 26.5. The summed E-state index contributed by atoms with van der Waals surface area (Å²) >= 11 is 0. The SMILES string of the molecule is CCN1CCC2(CC1)CC(NC(=O)c1ccc(Nc3ncc(C(F)(F)F)c(Oc4cccc5c4C(=O)N(C)C54CC4)n3)c(OC)c1)C2. The number of rotatable bonds is 8. The molecule has 13 heteroatoms. The van der Waals surface area contributed by atoms with E-state index < -0.39 is 23.2 Å². The number of anilines is 2. The van der Waals surface area contributed by atoms with Crippen LogP contribution in [0.3, 0.4) is 0 Å². The van der Waals surface area contributed by atoms with E-state index in [0.29, 0.717) is 22.9 Å². The van der Waals surface area contributed by atoms with E-state index in [9.17, 15) is 22.8 Å². The topological polar surface area (TPSA) is 109 Å². The van der Waals surface area contributed by atoms with Gasteiger partial charge in [-0.3, -0.25) is 9.59 Å². The molecule has 2 spiro atoms. The van der Waals surface area contributed by atoms with Gasteiger partial charge >= 0.3 is 6.18 Å². The molecule has 2 aliphatic heterocycles. The highest BCUT2D eigenvalue weighted by molar-refractivity contribution is 6.03. The van der Waals surface area contributed by atoms with Crippen LogP contribution in [-0.4, -0.2) is 71.4 Å². The molecule has 4 aliphatic rings. The van der Waals surface area contributed by atoms with Crippen LogP contribution < -0.4 is 20.1 Å². The largest absolute Gasteiger partial charge is 0.495 e. The number of amides is 2. The van der Waals surface area contributed by atoms with E-state index in [1.165, 1.54) is 13.2 Å². The van der Waals surface area contributed by atoms with E-state index in [1.807, 2.05) is 6.07 Å². The van der Waals surface area contributed by atoms with Gasteiger partial charge in [0.25, 0.3) is 11.8 Å². The third-order valence-electron chi connectivity index (χ3n) is 10.4. The monoisotopic (exact) mass is 650 g/mol. The van der Waals surface area contributed by atoms with Crippen molar-refractivity contribution in [2.24, 2.45) is 5.41 Å². The van der Waals surface area contributed by atoms with Gasteiger partial charge < -0.3 is 29.9 Å². The maximum Gasteiger partial charge on any atom is 0.423 e. The van der Waals surface area contributed by atoms with Gasteiger partial charge in [0, 0.05) is 24.8 Å². The lowest BCUT2D eigenvalue weighted by atomic mass is 9.60. The molecule has 2 amide bonds. The Balaban J connectivity index is 1.08. The lowest BCUT2D eigenvalue weighted by Crippen LogP contribution is -2.54. The molecule has 2 N–H and O–H groups in total. The summed E-state index contributed by atoms with van der Waals surface area (Å²) in [6.07, 6.45) is 1.64. The number of halogens is 3. The summed E-state index contributed by atoms with van der Waals surface area (Å²) in [6, 6.07) is 9.82. The first-order chi connectivity index (χ1) is 22.4. The molecule has 47 heavy (non-hydrogen) atoms. The van der Waals surface area contributed by atoms with Gasteiger partial charge in [-0.1, -0.05) is 19.1 Å². The van der Waals surface area contributed by atoms with Crippen molar-refractivity contribution in [1.29, 1.82) is 0 Å². The van der Waals surface area contributed by atoms with Gasteiger partial charge in [-0.25, -0.2) is 4.98 Å². The first-order valence-electron chi connectivity index (χ1n) is 16.0. The van der Waals surface area contributed by atoms with Crippen LogP contribution in [0.2, 0.25) is 0 Å². The summed E-state index contributed by atoms with van der Waals surface area (Å²) in [5, 5.41) is 6.02. The van der Waals surface area contributed by atoms with Crippen molar-refractivity contribution in [2.45, 2.75) is 63.2 Å². The Bertz CT molecular complexity index is 1730. The fraction of sp³-hybridized carbons (Fsp3) is 0.471. The smallest absolute Gasteiger partial charge is 0.423 e. The van der Waals surface area contributed by atoms with E-state index >= 15 is 0 Å². The molecule has 248 valence electrons. The summed E-state index contributed by atoms with van der Waals surface area (Å²) < 4.78 is 53.4. The minimum atomic E-state index is -4.82. The number of piperidine rings is 1. The molecule has 3 heterocycles. The Morgan fingerprint density at radius 2 is 1.83 bits per heavy atom. The van der Waals surface area contributed by atoms with Crippen LogP contribution in [0.4, 0.5) is 24.8 Å². The average molecular weight is 651 g/mol. The first-order valence-corrected chi connectivity index (χ1v) is 16.0. The number of benzene rings is 2. The normalized spacial score (nSPS) is 19.8. The van der Waals surface area contributed by atoms with Crippen molar-refractivity contribution in [3.05, 3.63) is 64.8 Å². The van der Waals surface area contributed by atoms with Crippen LogP contribution >= 0.6 is 0 Å². The van der Waals surface area contributed by atoms with Crippen molar-refractivity contribution < 1.29 is 32.2 Å². The summed E-state index contributed by atoms with van der Waals surface area (Å²) in [5.74, 6) is -1.18. The number of nitrogens with zero attached hydrogens (tertiary/aromatic N) is 4. The number of hydrogen-bond donors (Lipinski definition) is 2. The number of nitrogens with one attached hydrogen (secondary N) is 2. The fourth-order valence-electron chi connectivity index (χ4n) is 7.46. The molecule has 3 fully saturated rings. The number of aromatic nitrogens is 2. The highest BCUT2D eigenvalue weighted by atomic mass is 19.4. The van der Waals surface area contributed by atoms with E-state index in [0.717, 1.165) is 63.7 Å². The molecule has 0 unspecified atom stereocenters. The van der Waals surface area contributed by atoms with Crippen molar-refractivity contribution >= 4 is 23.5 Å². The van der Waals surface area contributed by atoms with Crippen LogP contribution in [0, 0.1) is 5.41 Å². The quantitative estimate of drug-likeness (QED) is 0.301. The molecule has 10 nitrogen and oxygen atoms in total. The zero-order chi connectivity index (χ0) is 33.1. The van der Waals surface area contributed by atoms with Crippen molar-refractivity contribution in [1.82, 2.24) is 25.1 Å². The molecule has 0 radical (unpaired) electrons. The Kier molecular flexibility index (Phi) is 7.57. The summed E-state index contributed by atoms with van der Waals surface area (Å²) in [4.78, 5) is 38.2. The second-order valence-corrected chi connectivity index (χ2v) is 13.1. The fourth-order valence-corrected chi connectivity index (χ4v) is 7.46. The molecule has 2 aromatic carbocycles. The number of carbonyl (C=O) groups excluding carboxylic acids is 2. The van der Waals surface area contributed by atoms with Crippen molar-refractivity contribution in [3.8, 4) is 17.4 Å². The Hall–Kier alpha value is -4.39. The highest BCUT2D eigenvalue weighted by Gasteiger charge is 2.57. The number of methoxy groups -OCH3 is 1. The maximum atomic E-state index is 14.0. The molecule has 3 aromatic rings. The van der Waals surface area contributed by atoms with Crippen LogP contribution in [-0.2, 0) is 11.7 Å². The maximum absolute atomic E-state index is 14.0. The van der Waals surface area contributed by atoms with E-state index in [4.69, 9.17) is 9.47 Å². The second kappa shape index (κ2) is 11.4. The first kappa shape index (κ1) is 31.2. The molecule has 0 bridgehead atoms. The second-order valence-electron chi connectivity index (χ2n) is 13.1. The van der Waals surface area contributed by atoms with E-state index in [2.05, 4.69) is 32.4 Å². The molecular formula is C34H37F3N6O4. The molecule has 1 saturated heterocycles. The van der Waals surface area contributed by atoms with Crippen molar-refractivity contribution in [3.63, 3.8) is 0 Å². The minimum Gasteiger partial charge on any atom is -0.495 e. The predicted octanol–water partition coefficient (Wildman–Crippen LogP) is 6.11. The van der Waals surface area contributed by atoms with Gasteiger partial charge in [0.2, 0.25) is 11.8 Å². The third-order valence-corrected chi connectivity index (χ3v) is 10.4. The molecule has 2 aliphatic carbocycles. The number of ether oxygens (including phenoxy) is 2. The number of hydrogen-bond acceptors (Lipinski definition) is 8. The van der Waals surface area contributed by atoms with E-state index in [-0.39, 0.29) is 40.9 Å². The third kappa shape index (κ3) is 5.53. The van der Waals surface area contributed by atoms with Crippen molar-refractivity contribution in [2.75, 3.05) is 39.1 Å². The Morgan fingerprint density at radius 1 is 1.09 bits per heavy atom. The van der Waals surface area contributed by atoms with Gasteiger partial charge in [-0.15, -0.1) is 0 Å². The van der Waals surface area contributed by atoms with Gasteiger partial charge in [0.05, 0.1) is 23.9 Å². The molecule has 0 atom stereocenters. The molecular weight excluding hydrogens is 613 g/mol. The Morgan fingerprint density at radius 3 is 2.49 bits per heavy atom. The number of likely N-dealkylation sites (tertiary alicyclic amines) is 1. The van der Waals surface area contributed by atoms with Gasteiger partial charge in [-0.2, -0.15) is 18.2 Å². The summed E-state index contributed by atoms with van der Waals surface area (Å²) in [7, 11) is 3.12. The van der Waals surface area contributed by atoms with Crippen LogP contribution in [0.15, 0.2) is 42.6 Å². The lowest BCUT2D eigenvalue weighted by Gasteiger charge is -2.52. The Labute approximate surface area is 270 Å². The van der Waals surface area contributed by atoms with Gasteiger partial charge in [-0.05, 0) is 93.4 Å². The van der Waals surface area contributed by atoms with Crippen LogP contribution in [0.5, 0.6) is 17.4 Å². The van der Waals surface area contributed by atoms with Crippen LogP contribution in [0.1, 0.15) is 77.3 Å². The summed E-state index contributed by atoms with van der Waals surface area (Å²) in [6.45, 7) is 5.45. The zero-order valence-corrected chi connectivity index (χ0v) is 26.5. The van der Waals surface area contributed by atoms with E-state index in [1.54, 1.807) is 36.2 Å². The summed E-state index contributed by atoms with van der Waals surface area (Å²) in [5.41, 5.74) is 0.428. The standard InChI is InChI=1S/C34H37F3N6O4/c1-4-43-14-12-32(13-15-43)17-21(18-32)39-28(44)20-8-9-24(26(16-20)46-3)40-31-38-19-23(34(35,36)37)29(41-31)47-25-7-5-6-22-27(25)30(45)42(2)33(22)10-11-33/h5-9,16,19,21H,4,10-15,17-18H2,1-3H3,(H,39,44)(H,38,40,41). The highest BCUT2D eigenvalue weighted by Crippen LogP contribution is 2.57. The number of alkyl halides is 3. The van der Waals surface area contributed by atoms with Gasteiger partial charge in [0.1, 0.15) is 17.1 Å². The van der Waals surface area contributed by atoms with Gasteiger partial charge in [0.15, 0.2) is 0 Å². The molecule has 2 saturated carbocycles. The number of carbonyl (C=O) groups is 2.